The maximum Gasteiger partial charge on any atom is 0.239 e. The molecule has 0 aliphatic carbocycles. The number of halogens is 1. The Morgan fingerprint density at radius 3 is 3.07 bits per heavy atom. The molecule has 0 aliphatic heterocycles. The molecule has 0 saturated carbocycles. The van der Waals surface area contributed by atoms with E-state index >= 15 is 0 Å². The lowest BCUT2D eigenvalue weighted by atomic mass is 10.2. The molecule has 2 rings (SSSR count). The van der Waals surface area contributed by atoms with Crippen LogP contribution in [0.4, 0.5) is 5.69 Å². The normalized spacial score (nSPS) is 10.4. The molecule has 1 N–H and O–H groups in total. The van der Waals surface area contributed by atoms with Crippen LogP contribution in [-0.4, -0.2) is 11.8 Å². The van der Waals surface area contributed by atoms with Gasteiger partial charge in [-0.2, -0.15) is 0 Å². The minimum absolute atomic E-state index is 0.0383. The van der Waals surface area contributed by atoms with Crippen molar-refractivity contribution in [1.82, 2.24) is 0 Å². The van der Waals surface area contributed by atoms with Gasteiger partial charge in [0, 0.05) is 11.1 Å². The van der Waals surface area contributed by atoms with E-state index in [9.17, 15) is 4.79 Å². The van der Waals surface area contributed by atoms with Crippen molar-refractivity contribution in [3.05, 3.63) is 30.5 Å². The Hall–Kier alpha value is -1.48. The molecule has 3 nitrogen and oxygen atoms in total. The van der Waals surface area contributed by atoms with Crippen molar-refractivity contribution in [1.29, 1.82) is 0 Å². The summed E-state index contributed by atoms with van der Waals surface area (Å²) in [6, 6.07) is 7.25. The van der Waals surface area contributed by atoms with Crippen LogP contribution in [0.5, 0.6) is 0 Å². The highest BCUT2D eigenvalue weighted by Gasteiger charge is 2.01. The van der Waals surface area contributed by atoms with Crippen LogP contribution in [0, 0.1) is 0 Å². The van der Waals surface area contributed by atoms with Gasteiger partial charge in [0.15, 0.2) is 0 Å². The highest BCUT2D eigenvalue weighted by Crippen LogP contribution is 2.19. The summed E-state index contributed by atoms with van der Waals surface area (Å²) in [6.45, 7) is 0. The number of hydrogen-bond donors (Lipinski definition) is 1. The minimum atomic E-state index is -0.213. The van der Waals surface area contributed by atoms with Crippen LogP contribution < -0.4 is 5.32 Å². The van der Waals surface area contributed by atoms with Gasteiger partial charge in [-0.05, 0) is 24.3 Å². The highest BCUT2D eigenvalue weighted by molar-refractivity contribution is 6.29. The molecule has 0 saturated heterocycles. The zero-order valence-corrected chi connectivity index (χ0v) is 8.04. The van der Waals surface area contributed by atoms with Gasteiger partial charge in [0.1, 0.15) is 11.5 Å². The van der Waals surface area contributed by atoms with Crippen molar-refractivity contribution in [3.63, 3.8) is 0 Å². The summed E-state index contributed by atoms with van der Waals surface area (Å²) >= 11 is 5.37. The van der Waals surface area contributed by atoms with Crippen LogP contribution in [0.2, 0.25) is 0 Å². The zero-order chi connectivity index (χ0) is 9.97. The molecule has 1 aromatic heterocycles. The van der Waals surface area contributed by atoms with E-state index in [4.69, 9.17) is 16.0 Å². The first-order valence-corrected chi connectivity index (χ1v) is 4.66. The Balaban J connectivity index is 2.30. The number of furan rings is 1. The Labute approximate surface area is 85.7 Å². The van der Waals surface area contributed by atoms with Gasteiger partial charge in [0.05, 0.1) is 6.26 Å². The van der Waals surface area contributed by atoms with Gasteiger partial charge in [-0.1, -0.05) is 0 Å². The summed E-state index contributed by atoms with van der Waals surface area (Å²) in [6.07, 6.45) is 1.61. The molecule has 2 aromatic rings. The summed E-state index contributed by atoms with van der Waals surface area (Å²) in [5.74, 6) is -0.252. The first kappa shape index (κ1) is 9.09. The van der Waals surface area contributed by atoms with Gasteiger partial charge < -0.3 is 9.73 Å². The van der Waals surface area contributed by atoms with Crippen LogP contribution >= 0.6 is 11.6 Å². The highest BCUT2D eigenvalue weighted by atomic mass is 35.5. The molecule has 14 heavy (non-hydrogen) atoms. The van der Waals surface area contributed by atoms with E-state index < -0.39 is 0 Å². The standard InChI is InChI=1S/C10H8ClNO2/c11-6-10(13)12-8-1-2-9-7(5-8)3-4-14-9/h1-5H,6H2,(H,12,13). The van der Waals surface area contributed by atoms with E-state index in [1.165, 1.54) is 0 Å². The number of rotatable bonds is 2. The van der Waals surface area contributed by atoms with Crippen molar-refractivity contribution in [2.45, 2.75) is 0 Å². The second-order valence-corrected chi connectivity index (χ2v) is 3.12. The first-order chi connectivity index (χ1) is 6.79. The van der Waals surface area contributed by atoms with Crippen LogP contribution in [0.25, 0.3) is 11.0 Å². The lowest BCUT2D eigenvalue weighted by molar-refractivity contribution is -0.113. The molecule has 0 atom stereocenters. The van der Waals surface area contributed by atoms with Gasteiger partial charge in [-0.25, -0.2) is 0 Å². The Bertz CT molecular complexity index is 464. The Morgan fingerprint density at radius 2 is 2.29 bits per heavy atom. The summed E-state index contributed by atoms with van der Waals surface area (Å²) in [7, 11) is 0. The SMILES string of the molecule is O=C(CCl)Nc1ccc2occc2c1. The number of amides is 1. The third kappa shape index (κ3) is 1.72. The van der Waals surface area contributed by atoms with E-state index in [1.807, 2.05) is 12.1 Å². The fourth-order valence-electron chi connectivity index (χ4n) is 1.24. The Kier molecular flexibility index (Phi) is 2.41. The number of nitrogens with one attached hydrogen (secondary N) is 1. The first-order valence-electron chi connectivity index (χ1n) is 4.12. The number of carbonyl (C=O) groups excluding carboxylic acids is 1. The van der Waals surface area contributed by atoms with Crippen LogP contribution in [0.1, 0.15) is 0 Å². The Morgan fingerprint density at radius 1 is 1.43 bits per heavy atom. The molecule has 0 bridgehead atoms. The second kappa shape index (κ2) is 3.72. The summed E-state index contributed by atoms with van der Waals surface area (Å²) in [5, 5.41) is 3.62. The number of anilines is 1. The lowest BCUT2D eigenvalue weighted by Gasteiger charge is -2.01. The quantitative estimate of drug-likeness (QED) is 0.773. The molecule has 0 spiro atoms. The molecule has 4 heteroatoms. The molecular formula is C10H8ClNO2. The summed E-state index contributed by atoms with van der Waals surface area (Å²) in [5.41, 5.74) is 1.53. The molecule has 1 amide bonds. The molecule has 1 heterocycles. The number of alkyl halides is 1. The monoisotopic (exact) mass is 209 g/mol. The van der Waals surface area contributed by atoms with Crippen molar-refractivity contribution in [2.24, 2.45) is 0 Å². The molecular weight excluding hydrogens is 202 g/mol. The van der Waals surface area contributed by atoms with Gasteiger partial charge in [-0.3, -0.25) is 4.79 Å². The van der Waals surface area contributed by atoms with Crippen molar-refractivity contribution >= 4 is 34.2 Å². The molecule has 0 radical (unpaired) electrons. The number of benzene rings is 1. The van der Waals surface area contributed by atoms with E-state index in [0.29, 0.717) is 0 Å². The summed E-state index contributed by atoms with van der Waals surface area (Å²) in [4.78, 5) is 11.0. The van der Waals surface area contributed by atoms with Crippen molar-refractivity contribution in [3.8, 4) is 0 Å². The van der Waals surface area contributed by atoms with Crippen LogP contribution in [0.15, 0.2) is 34.9 Å². The van der Waals surface area contributed by atoms with Gasteiger partial charge in [-0.15, -0.1) is 11.6 Å². The average Bonchev–Trinajstić information content (AvgIpc) is 2.64. The number of carbonyl (C=O) groups is 1. The topological polar surface area (TPSA) is 42.2 Å². The third-order valence-corrected chi connectivity index (χ3v) is 2.10. The minimum Gasteiger partial charge on any atom is -0.464 e. The van der Waals surface area contributed by atoms with E-state index in [0.717, 1.165) is 16.7 Å². The second-order valence-electron chi connectivity index (χ2n) is 2.86. The predicted octanol–water partition coefficient (Wildman–Crippen LogP) is 2.61. The molecule has 0 aliphatic rings. The fraction of sp³-hybridized carbons (Fsp3) is 0.100. The van der Waals surface area contributed by atoms with Crippen LogP contribution in [-0.2, 0) is 4.79 Å². The third-order valence-electron chi connectivity index (χ3n) is 1.86. The average molecular weight is 210 g/mol. The number of hydrogen-bond acceptors (Lipinski definition) is 2. The van der Waals surface area contributed by atoms with Crippen molar-refractivity contribution < 1.29 is 9.21 Å². The van der Waals surface area contributed by atoms with Gasteiger partial charge >= 0.3 is 0 Å². The molecule has 0 unspecified atom stereocenters. The van der Waals surface area contributed by atoms with E-state index in [1.54, 1.807) is 18.4 Å². The maximum atomic E-state index is 11.0. The van der Waals surface area contributed by atoms with Crippen LogP contribution in [0.3, 0.4) is 0 Å². The van der Waals surface area contributed by atoms with Gasteiger partial charge in [0.2, 0.25) is 5.91 Å². The molecule has 1 aromatic carbocycles. The largest absolute Gasteiger partial charge is 0.464 e. The van der Waals surface area contributed by atoms with Crippen molar-refractivity contribution in [2.75, 3.05) is 11.2 Å². The smallest absolute Gasteiger partial charge is 0.239 e. The van der Waals surface area contributed by atoms with Gasteiger partial charge in [0.25, 0.3) is 0 Å². The molecule has 72 valence electrons. The van der Waals surface area contributed by atoms with E-state index in [-0.39, 0.29) is 11.8 Å². The number of fused-ring (bicyclic) bond motifs is 1. The predicted molar refractivity (Wildman–Crippen MR) is 55.6 cm³/mol. The maximum absolute atomic E-state index is 11.0. The lowest BCUT2D eigenvalue weighted by Crippen LogP contribution is -2.12. The fourth-order valence-corrected chi connectivity index (χ4v) is 1.31. The molecule has 0 fully saturated rings. The van der Waals surface area contributed by atoms with E-state index in [2.05, 4.69) is 5.32 Å². The summed E-state index contributed by atoms with van der Waals surface area (Å²) < 4.78 is 5.17. The zero-order valence-electron chi connectivity index (χ0n) is 7.29.